The van der Waals surface area contributed by atoms with Crippen molar-refractivity contribution >= 4 is 29.4 Å². The number of carbonyl (C=O) groups excluding carboxylic acids is 2. The first-order valence-electron chi connectivity index (χ1n) is 14.1. The van der Waals surface area contributed by atoms with Gasteiger partial charge in [0.1, 0.15) is 23.3 Å². The molecule has 3 heterocycles. The zero-order chi connectivity index (χ0) is 30.5. The summed E-state index contributed by atoms with van der Waals surface area (Å²) in [5.74, 6) is 0.707. The maximum atomic E-state index is 14.0. The van der Waals surface area contributed by atoms with Crippen molar-refractivity contribution in [2.24, 2.45) is 4.99 Å². The highest BCUT2D eigenvalue weighted by atomic mass is 32.1. The van der Waals surface area contributed by atoms with Crippen molar-refractivity contribution in [3.05, 3.63) is 109 Å². The molecule has 1 atom stereocenters. The van der Waals surface area contributed by atoms with E-state index >= 15 is 0 Å². The Morgan fingerprint density at radius 2 is 1.70 bits per heavy atom. The third kappa shape index (κ3) is 5.96. The summed E-state index contributed by atoms with van der Waals surface area (Å²) in [5.41, 5.74) is 2.50. The molecule has 43 heavy (non-hydrogen) atoms. The molecule has 222 valence electrons. The van der Waals surface area contributed by atoms with E-state index in [0.717, 1.165) is 12.0 Å². The molecule has 0 fully saturated rings. The zero-order valence-electron chi connectivity index (χ0n) is 24.4. The van der Waals surface area contributed by atoms with Crippen LogP contribution in [0.2, 0.25) is 0 Å². The predicted octanol–water partition coefficient (Wildman–Crippen LogP) is 5.02. The highest BCUT2D eigenvalue weighted by molar-refractivity contribution is 7.07. The third-order valence-corrected chi connectivity index (χ3v) is 7.89. The standard InChI is InChI=1S/C33H32N2O7S/c1-5-10-24-28(32(38)41-7-3)29(23-11-8-9-12-26(23)39-4)35-30(36)27(43-33(35)34-24)19-22-17-18-25(42-22)20-13-15-21(16-14-20)31(37)40-6-2/h8-9,11-19,29H,5-7,10H2,1-4H3/b27-19-. The number of methoxy groups -OCH3 is 1. The van der Waals surface area contributed by atoms with Crippen LogP contribution in [0.5, 0.6) is 5.75 Å². The number of fused-ring (bicyclic) bond motifs is 1. The topological polar surface area (TPSA) is 109 Å². The number of hydrogen-bond acceptors (Lipinski definition) is 9. The molecule has 0 spiro atoms. The molecular formula is C33H32N2O7S. The van der Waals surface area contributed by atoms with Crippen LogP contribution in [0.1, 0.15) is 61.3 Å². The second-order valence-corrected chi connectivity index (χ2v) is 10.7. The summed E-state index contributed by atoms with van der Waals surface area (Å²) >= 11 is 1.23. The number of rotatable bonds is 10. The average Bonchev–Trinajstić information content (AvgIpc) is 3.61. The van der Waals surface area contributed by atoms with Gasteiger partial charge in [0.25, 0.3) is 5.56 Å². The smallest absolute Gasteiger partial charge is 0.338 e. The van der Waals surface area contributed by atoms with E-state index in [1.807, 2.05) is 25.1 Å². The molecule has 10 heteroatoms. The van der Waals surface area contributed by atoms with Gasteiger partial charge >= 0.3 is 11.9 Å². The highest BCUT2D eigenvalue weighted by Gasteiger charge is 2.35. The van der Waals surface area contributed by atoms with E-state index in [1.165, 1.54) is 15.9 Å². The SMILES string of the molecule is CCCC1=C(C(=O)OCC)C(c2ccccc2OC)n2c(s/c(=C\c3ccc(-c4ccc(C(=O)OCC)cc4)o3)c2=O)=N1. The highest BCUT2D eigenvalue weighted by Crippen LogP contribution is 2.36. The van der Waals surface area contributed by atoms with Gasteiger partial charge in [0.2, 0.25) is 0 Å². The first-order valence-corrected chi connectivity index (χ1v) is 14.9. The summed E-state index contributed by atoms with van der Waals surface area (Å²) in [5, 5.41) is 0. The van der Waals surface area contributed by atoms with E-state index < -0.39 is 12.0 Å². The molecule has 0 radical (unpaired) electrons. The molecule has 1 aliphatic rings. The van der Waals surface area contributed by atoms with Gasteiger partial charge in [-0.15, -0.1) is 0 Å². The Labute approximate surface area is 252 Å². The molecule has 0 N–H and O–H groups in total. The number of carbonyl (C=O) groups is 2. The lowest BCUT2D eigenvalue weighted by atomic mass is 9.93. The summed E-state index contributed by atoms with van der Waals surface area (Å²) in [4.78, 5) is 44.6. The number of thiazole rings is 1. The Balaban J connectivity index is 1.60. The minimum atomic E-state index is -0.778. The Kier molecular flexibility index (Phi) is 9.06. The van der Waals surface area contributed by atoms with E-state index in [9.17, 15) is 14.4 Å². The van der Waals surface area contributed by atoms with Crippen molar-refractivity contribution in [2.75, 3.05) is 20.3 Å². The van der Waals surface area contributed by atoms with Gasteiger partial charge in [-0.2, -0.15) is 0 Å². The summed E-state index contributed by atoms with van der Waals surface area (Å²) in [7, 11) is 1.56. The molecule has 5 rings (SSSR count). The van der Waals surface area contributed by atoms with Crippen molar-refractivity contribution in [3.63, 3.8) is 0 Å². The van der Waals surface area contributed by atoms with Crippen LogP contribution < -0.4 is 19.6 Å². The van der Waals surface area contributed by atoms with Crippen LogP contribution in [0.3, 0.4) is 0 Å². The summed E-state index contributed by atoms with van der Waals surface area (Å²) in [6.07, 6.45) is 2.97. The molecular weight excluding hydrogens is 568 g/mol. The maximum absolute atomic E-state index is 14.0. The van der Waals surface area contributed by atoms with E-state index in [-0.39, 0.29) is 18.1 Å². The monoisotopic (exact) mass is 600 g/mol. The van der Waals surface area contributed by atoms with E-state index in [0.29, 0.717) is 62.0 Å². The lowest BCUT2D eigenvalue weighted by Gasteiger charge is -2.26. The van der Waals surface area contributed by atoms with Gasteiger partial charge in [0, 0.05) is 17.2 Å². The molecule has 0 aliphatic carbocycles. The van der Waals surface area contributed by atoms with Crippen LogP contribution in [0.4, 0.5) is 0 Å². The first-order chi connectivity index (χ1) is 20.9. The first kappa shape index (κ1) is 29.8. The van der Waals surface area contributed by atoms with Gasteiger partial charge in [-0.1, -0.05) is 55.0 Å². The predicted molar refractivity (Wildman–Crippen MR) is 163 cm³/mol. The number of benzene rings is 2. The quantitative estimate of drug-likeness (QED) is 0.235. The molecule has 2 aromatic carbocycles. The Hall–Kier alpha value is -4.70. The fourth-order valence-electron chi connectivity index (χ4n) is 5.01. The Bertz CT molecular complexity index is 1860. The number of aromatic nitrogens is 1. The zero-order valence-corrected chi connectivity index (χ0v) is 25.2. The molecule has 1 aliphatic heterocycles. The van der Waals surface area contributed by atoms with Crippen LogP contribution >= 0.6 is 11.3 Å². The van der Waals surface area contributed by atoms with Crippen LogP contribution in [0, 0.1) is 0 Å². The van der Waals surface area contributed by atoms with Gasteiger partial charge in [-0.25, -0.2) is 14.6 Å². The number of para-hydroxylation sites is 1. The van der Waals surface area contributed by atoms with Gasteiger partial charge in [-0.3, -0.25) is 9.36 Å². The van der Waals surface area contributed by atoms with Crippen LogP contribution in [0.15, 0.2) is 86.1 Å². The Morgan fingerprint density at radius 3 is 2.40 bits per heavy atom. The van der Waals surface area contributed by atoms with Crippen LogP contribution in [-0.2, 0) is 14.3 Å². The lowest BCUT2D eigenvalue weighted by Crippen LogP contribution is -2.40. The van der Waals surface area contributed by atoms with Crippen molar-refractivity contribution in [1.29, 1.82) is 0 Å². The van der Waals surface area contributed by atoms with Crippen molar-refractivity contribution < 1.29 is 28.2 Å². The van der Waals surface area contributed by atoms with Crippen molar-refractivity contribution in [3.8, 4) is 17.1 Å². The van der Waals surface area contributed by atoms with Crippen molar-refractivity contribution in [2.45, 2.75) is 39.7 Å². The molecule has 0 saturated carbocycles. The number of allylic oxidation sites excluding steroid dienone is 1. The van der Waals surface area contributed by atoms with Gasteiger partial charge < -0.3 is 18.6 Å². The largest absolute Gasteiger partial charge is 0.496 e. The molecule has 9 nitrogen and oxygen atoms in total. The summed E-state index contributed by atoms with van der Waals surface area (Å²) in [6.45, 7) is 6.01. The minimum Gasteiger partial charge on any atom is -0.496 e. The maximum Gasteiger partial charge on any atom is 0.338 e. The van der Waals surface area contributed by atoms with Gasteiger partial charge in [-0.05, 0) is 50.6 Å². The molecule has 0 amide bonds. The number of hydrogen-bond donors (Lipinski definition) is 0. The third-order valence-electron chi connectivity index (χ3n) is 6.91. The molecule has 1 unspecified atom stereocenters. The summed E-state index contributed by atoms with van der Waals surface area (Å²) in [6, 6.07) is 17.1. The number of nitrogens with zero attached hydrogens (tertiary/aromatic N) is 2. The number of furan rings is 1. The second kappa shape index (κ2) is 13.1. The van der Waals surface area contributed by atoms with Crippen LogP contribution in [0.25, 0.3) is 17.4 Å². The number of ether oxygens (including phenoxy) is 3. The fraction of sp³-hybridized carbons (Fsp3) is 0.273. The second-order valence-electron chi connectivity index (χ2n) is 9.66. The fourth-order valence-corrected chi connectivity index (χ4v) is 6.01. The minimum absolute atomic E-state index is 0.192. The molecule has 2 aromatic heterocycles. The molecule has 0 saturated heterocycles. The summed E-state index contributed by atoms with van der Waals surface area (Å²) < 4.78 is 24.2. The normalized spacial score (nSPS) is 14.7. The Morgan fingerprint density at radius 1 is 0.977 bits per heavy atom. The van der Waals surface area contributed by atoms with Gasteiger partial charge in [0.15, 0.2) is 4.80 Å². The van der Waals surface area contributed by atoms with E-state index in [4.69, 9.17) is 23.6 Å². The lowest BCUT2D eigenvalue weighted by molar-refractivity contribution is -0.139. The van der Waals surface area contributed by atoms with E-state index in [1.54, 1.807) is 69.5 Å². The number of esters is 2. The van der Waals surface area contributed by atoms with E-state index in [2.05, 4.69) is 0 Å². The molecule has 4 aromatic rings. The van der Waals surface area contributed by atoms with Gasteiger partial charge in [0.05, 0.1) is 41.7 Å². The van der Waals surface area contributed by atoms with Crippen LogP contribution in [-0.4, -0.2) is 36.8 Å². The molecule has 0 bridgehead atoms. The van der Waals surface area contributed by atoms with Crippen molar-refractivity contribution in [1.82, 2.24) is 4.57 Å². The average molecular weight is 601 g/mol.